The van der Waals surface area contributed by atoms with Crippen molar-refractivity contribution in [3.63, 3.8) is 0 Å². The van der Waals surface area contributed by atoms with Crippen LogP contribution in [0.1, 0.15) is 13.8 Å². The Bertz CT molecular complexity index is 672. The molecule has 1 aromatic rings. The first-order valence-electron chi connectivity index (χ1n) is 6.59. The van der Waals surface area contributed by atoms with E-state index in [9.17, 15) is 24.6 Å². The molecule has 1 aliphatic heterocycles. The van der Waals surface area contributed by atoms with E-state index in [1.807, 2.05) is 0 Å². The number of aliphatic hydroxyl groups is 2. The Morgan fingerprint density at radius 3 is 2.59 bits per heavy atom. The van der Waals surface area contributed by atoms with E-state index in [0.717, 1.165) is 11.5 Å². The Balaban J connectivity index is 2.73. The number of nitrogens with two attached hydrogens (primary N) is 1. The van der Waals surface area contributed by atoms with Crippen LogP contribution in [0.5, 0.6) is 0 Å². The largest absolute Gasteiger partial charge is 0.394 e. The predicted octanol–water partition coefficient (Wildman–Crippen LogP) is -1.98. The molecule has 0 spiro atoms. The lowest BCUT2D eigenvalue weighted by molar-refractivity contribution is -0.169. The summed E-state index contributed by atoms with van der Waals surface area (Å²) in [7, 11) is 0. The zero-order valence-electron chi connectivity index (χ0n) is 12.1. The normalized spacial score (nSPS) is 31.2. The summed E-state index contributed by atoms with van der Waals surface area (Å²) in [5, 5.41) is 19.5. The van der Waals surface area contributed by atoms with Gasteiger partial charge in [-0.2, -0.15) is 4.98 Å². The number of carbonyl (C=O) groups excluding carboxylic acids is 2. The van der Waals surface area contributed by atoms with Gasteiger partial charge in [-0.1, -0.05) is 0 Å². The topological polar surface area (TPSA) is 145 Å². The van der Waals surface area contributed by atoms with Gasteiger partial charge in [0.2, 0.25) is 5.72 Å². The van der Waals surface area contributed by atoms with E-state index in [0.29, 0.717) is 0 Å². The van der Waals surface area contributed by atoms with Gasteiger partial charge in [-0.3, -0.25) is 14.2 Å². The molecule has 0 bridgehead atoms. The Morgan fingerprint density at radius 1 is 1.50 bits per heavy atom. The van der Waals surface area contributed by atoms with E-state index in [2.05, 4.69) is 4.98 Å². The molecule has 1 saturated heterocycles. The number of nitrogens with zero attached hydrogens (tertiary/aromatic N) is 2. The molecule has 2 heterocycles. The first kappa shape index (κ1) is 16.3. The second-order valence-corrected chi connectivity index (χ2v) is 5.18. The van der Waals surface area contributed by atoms with Gasteiger partial charge in [0.25, 0.3) is 0 Å². The van der Waals surface area contributed by atoms with Crippen molar-refractivity contribution in [2.45, 2.75) is 31.8 Å². The second-order valence-electron chi connectivity index (χ2n) is 5.18. The van der Waals surface area contributed by atoms with Crippen molar-refractivity contribution in [1.29, 1.82) is 0 Å². The fraction of sp³-hybridized carbons (Fsp3) is 0.538. The molecule has 4 atom stereocenters. The van der Waals surface area contributed by atoms with E-state index in [1.54, 1.807) is 0 Å². The highest BCUT2D eigenvalue weighted by atomic mass is 16.6. The summed E-state index contributed by atoms with van der Waals surface area (Å²) in [4.78, 5) is 39.8. The lowest BCUT2D eigenvalue weighted by Gasteiger charge is -2.32. The zero-order valence-corrected chi connectivity index (χ0v) is 12.1. The van der Waals surface area contributed by atoms with Crippen molar-refractivity contribution >= 4 is 17.4 Å². The number of hydrogen-bond donors (Lipinski definition) is 3. The predicted molar refractivity (Wildman–Crippen MR) is 73.7 cm³/mol. The lowest BCUT2D eigenvalue weighted by Crippen LogP contribution is -2.54. The van der Waals surface area contributed by atoms with Crippen LogP contribution in [0.4, 0.5) is 5.82 Å². The molecule has 1 fully saturated rings. The minimum absolute atomic E-state index is 0.0587. The Hall–Kier alpha value is -2.10. The van der Waals surface area contributed by atoms with E-state index < -0.39 is 47.7 Å². The first-order chi connectivity index (χ1) is 10.3. The van der Waals surface area contributed by atoms with Gasteiger partial charge >= 0.3 is 5.69 Å². The summed E-state index contributed by atoms with van der Waals surface area (Å²) in [6.07, 6.45) is -1.44. The van der Waals surface area contributed by atoms with Gasteiger partial charge in [0.1, 0.15) is 23.6 Å². The Morgan fingerprint density at radius 2 is 2.14 bits per heavy atom. The van der Waals surface area contributed by atoms with Crippen LogP contribution in [-0.4, -0.2) is 50.1 Å². The van der Waals surface area contributed by atoms with E-state index in [4.69, 9.17) is 10.5 Å². The Labute approximate surface area is 125 Å². The molecule has 0 unspecified atom stereocenters. The van der Waals surface area contributed by atoms with Gasteiger partial charge in [-0.25, -0.2) is 4.79 Å². The maximum atomic E-state index is 12.2. The molecule has 1 aromatic heterocycles. The number of Topliss-reactive ketones (excluding diaryl/α,β-unsaturated/α-hetero) is 2. The summed E-state index contributed by atoms with van der Waals surface area (Å²) in [6.45, 7) is 1.69. The van der Waals surface area contributed by atoms with Crippen molar-refractivity contribution in [2.24, 2.45) is 5.92 Å². The number of hydrogen-bond acceptors (Lipinski definition) is 8. The summed E-state index contributed by atoms with van der Waals surface area (Å²) < 4.78 is 6.29. The van der Waals surface area contributed by atoms with Crippen LogP contribution in [0.2, 0.25) is 0 Å². The van der Waals surface area contributed by atoms with Crippen LogP contribution < -0.4 is 11.4 Å². The van der Waals surface area contributed by atoms with E-state index in [-0.39, 0.29) is 5.82 Å². The number of aromatic nitrogens is 2. The lowest BCUT2D eigenvalue weighted by atomic mass is 9.85. The van der Waals surface area contributed by atoms with Crippen LogP contribution in [0.15, 0.2) is 17.1 Å². The average Bonchev–Trinajstić information content (AvgIpc) is 2.72. The minimum atomic E-state index is -2.06. The van der Waals surface area contributed by atoms with Crippen molar-refractivity contribution in [1.82, 2.24) is 9.55 Å². The standard InChI is InChI=1S/C13H17N3O6/c1-6(18)10-11(20)8(5-17)22-13(10,7(2)19)16-4-3-9(14)15-12(16)21/h3-4,8,10-11,17,20H,5H2,1-2H3,(H2,14,15,21)/t8-,10-,11-,13-/m1/s1. The molecule has 2 rings (SSSR count). The number of nitrogen functional groups attached to an aromatic ring is 1. The highest BCUT2D eigenvalue weighted by molar-refractivity contribution is 5.92. The first-order valence-corrected chi connectivity index (χ1v) is 6.59. The molecule has 0 radical (unpaired) electrons. The number of anilines is 1. The molecule has 1 aliphatic rings. The minimum Gasteiger partial charge on any atom is -0.394 e. The Kier molecular flexibility index (Phi) is 4.14. The monoisotopic (exact) mass is 311 g/mol. The molecule has 22 heavy (non-hydrogen) atoms. The molecule has 0 aromatic carbocycles. The zero-order chi connectivity index (χ0) is 16.7. The molecule has 4 N–H and O–H groups in total. The summed E-state index contributed by atoms with van der Waals surface area (Å²) in [5.41, 5.74) is 2.46. The van der Waals surface area contributed by atoms with Crippen molar-refractivity contribution in [3.05, 3.63) is 22.7 Å². The van der Waals surface area contributed by atoms with E-state index in [1.165, 1.54) is 19.2 Å². The summed E-state index contributed by atoms with van der Waals surface area (Å²) in [5.74, 6) is -2.62. The van der Waals surface area contributed by atoms with Gasteiger partial charge in [-0.15, -0.1) is 0 Å². The van der Waals surface area contributed by atoms with Crippen LogP contribution in [0, 0.1) is 5.92 Å². The summed E-state index contributed by atoms with van der Waals surface area (Å²) >= 11 is 0. The van der Waals surface area contributed by atoms with Crippen LogP contribution >= 0.6 is 0 Å². The number of carbonyl (C=O) groups is 2. The fourth-order valence-electron chi connectivity index (χ4n) is 2.83. The van der Waals surface area contributed by atoms with Gasteiger partial charge < -0.3 is 20.7 Å². The maximum Gasteiger partial charge on any atom is 0.352 e. The molecule has 0 saturated carbocycles. The van der Waals surface area contributed by atoms with Crippen LogP contribution in [-0.2, 0) is 20.1 Å². The highest BCUT2D eigenvalue weighted by Crippen LogP contribution is 2.41. The molecule has 120 valence electrons. The fourth-order valence-corrected chi connectivity index (χ4v) is 2.83. The van der Waals surface area contributed by atoms with Crippen LogP contribution in [0.3, 0.4) is 0 Å². The molecule has 9 heteroatoms. The molecule has 0 amide bonds. The van der Waals surface area contributed by atoms with Crippen molar-refractivity contribution in [2.75, 3.05) is 12.3 Å². The van der Waals surface area contributed by atoms with Gasteiger partial charge in [0.05, 0.1) is 12.7 Å². The number of ketones is 2. The second kappa shape index (κ2) is 5.59. The van der Waals surface area contributed by atoms with Crippen molar-refractivity contribution < 1.29 is 24.5 Å². The van der Waals surface area contributed by atoms with Gasteiger partial charge in [0, 0.05) is 6.20 Å². The third-order valence-electron chi connectivity index (χ3n) is 3.78. The average molecular weight is 311 g/mol. The summed E-state index contributed by atoms with van der Waals surface area (Å²) in [6, 6.07) is 1.27. The quantitative estimate of drug-likeness (QED) is 0.580. The number of ether oxygens (including phenoxy) is 1. The highest BCUT2D eigenvalue weighted by Gasteiger charge is 2.61. The van der Waals surface area contributed by atoms with Gasteiger partial charge in [-0.05, 0) is 19.9 Å². The third-order valence-corrected chi connectivity index (χ3v) is 3.78. The molecule has 0 aliphatic carbocycles. The maximum absolute atomic E-state index is 12.2. The number of aliphatic hydroxyl groups excluding tert-OH is 2. The third kappa shape index (κ3) is 2.23. The smallest absolute Gasteiger partial charge is 0.352 e. The van der Waals surface area contributed by atoms with E-state index >= 15 is 0 Å². The van der Waals surface area contributed by atoms with Crippen LogP contribution in [0.25, 0.3) is 0 Å². The number of rotatable bonds is 4. The molecular weight excluding hydrogens is 294 g/mol. The van der Waals surface area contributed by atoms with Crippen molar-refractivity contribution in [3.8, 4) is 0 Å². The molecular formula is C13H17N3O6. The molecule has 9 nitrogen and oxygen atoms in total. The SMILES string of the molecule is CC(=O)[C@@H]1[C@H](O)[C@@H](CO)O[C@@]1(C(C)=O)n1ccc(N)nc1=O. The van der Waals surface area contributed by atoms with Gasteiger partial charge in [0.15, 0.2) is 5.78 Å².